The van der Waals surface area contributed by atoms with Crippen LogP contribution < -0.4 is 0 Å². The summed E-state index contributed by atoms with van der Waals surface area (Å²) in [6.07, 6.45) is 0. The fraction of sp³-hybridized carbons (Fsp3) is 0.231. The molecular weight excluding hydrogens is 302 g/mol. The maximum absolute atomic E-state index is 11.5. The monoisotopic (exact) mass is 314 g/mol. The van der Waals surface area contributed by atoms with Crippen molar-refractivity contribution in [3.63, 3.8) is 0 Å². The van der Waals surface area contributed by atoms with E-state index in [2.05, 4.69) is 6.58 Å². The van der Waals surface area contributed by atoms with Crippen molar-refractivity contribution >= 4 is 11.9 Å². The third-order valence-corrected chi connectivity index (χ3v) is 2.02. The van der Waals surface area contributed by atoms with Crippen LogP contribution in [0.4, 0.5) is 0 Å². The minimum atomic E-state index is -0.667. The number of hydrogen-bond donors (Lipinski definition) is 1. The molecule has 0 saturated carbocycles. The summed E-state index contributed by atoms with van der Waals surface area (Å²) in [6, 6.07) is 6.04. The fourth-order valence-corrected chi connectivity index (χ4v) is 1.12. The molecule has 0 aromatic heterocycles. The Morgan fingerprint density at radius 2 is 1.79 bits per heavy atom. The molecule has 0 atom stereocenters. The van der Waals surface area contributed by atoms with Crippen LogP contribution in [0.15, 0.2) is 36.4 Å². The van der Waals surface area contributed by atoms with E-state index >= 15 is 0 Å². The summed E-state index contributed by atoms with van der Waals surface area (Å²) in [5, 5.41) is 9.40. The van der Waals surface area contributed by atoms with Crippen LogP contribution in [0.25, 0.3) is 0 Å². The first kappa shape index (κ1) is 17.3. The molecule has 0 amide bonds. The fourth-order valence-electron chi connectivity index (χ4n) is 1.12. The van der Waals surface area contributed by atoms with Crippen LogP contribution in [0.1, 0.15) is 17.3 Å². The van der Waals surface area contributed by atoms with E-state index in [0.717, 1.165) is 0 Å². The van der Waals surface area contributed by atoms with Gasteiger partial charge in [-0.15, -0.1) is 0 Å². The molecule has 1 aromatic rings. The van der Waals surface area contributed by atoms with Gasteiger partial charge in [0.1, 0.15) is 24.5 Å². The average Bonchev–Trinajstić information content (AvgIpc) is 2.34. The molecule has 0 heterocycles. The molecule has 1 N–H and O–H groups in total. The van der Waals surface area contributed by atoms with Crippen molar-refractivity contribution in [3.8, 4) is 5.75 Å². The summed E-state index contributed by atoms with van der Waals surface area (Å²) in [7, 11) is 0. The zero-order chi connectivity index (χ0) is 13.5. The molecule has 0 bridgehead atoms. The Labute approximate surface area is 124 Å². The minimum Gasteiger partial charge on any atom is -0.507 e. The van der Waals surface area contributed by atoms with E-state index in [9.17, 15) is 14.7 Å². The van der Waals surface area contributed by atoms with E-state index in [-0.39, 0.29) is 49.6 Å². The number of carbonyl (C=O) groups excluding carboxylic acids is 2. The van der Waals surface area contributed by atoms with Crippen molar-refractivity contribution in [1.82, 2.24) is 0 Å². The summed E-state index contributed by atoms with van der Waals surface area (Å²) < 4.78 is 9.57. The molecule has 0 aliphatic heterocycles. The summed E-state index contributed by atoms with van der Waals surface area (Å²) in [4.78, 5) is 22.5. The zero-order valence-corrected chi connectivity index (χ0v) is 13.7. The molecule has 1 aromatic carbocycles. The largest absolute Gasteiger partial charge is 0.507 e. The Morgan fingerprint density at radius 3 is 2.37 bits per heavy atom. The van der Waals surface area contributed by atoms with Gasteiger partial charge in [0.25, 0.3) is 0 Å². The van der Waals surface area contributed by atoms with E-state index < -0.39 is 11.9 Å². The number of hydrogen-bond acceptors (Lipinski definition) is 5. The number of phenolic OH excluding ortho intramolecular Hbond substituents is 1. The van der Waals surface area contributed by atoms with Crippen LogP contribution in [0.5, 0.6) is 5.75 Å². The number of esters is 2. The van der Waals surface area contributed by atoms with Crippen LogP contribution in [-0.4, -0.2) is 30.3 Å². The van der Waals surface area contributed by atoms with Gasteiger partial charge >= 0.3 is 11.9 Å². The first-order valence-electron chi connectivity index (χ1n) is 5.30. The van der Waals surface area contributed by atoms with Gasteiger partial charge in [-0.1, -0.05) is 18.7 Å². The molecule has 6 heteroatoms. The van der Waals surface area contributed by atoms with E-state index in [1.165, 1.54) is 19.1 Å². The number of rotatable bonds is 5. The van der Waals surface area contributed by atoms with Gasteiger partial charge in [-0.25, -0.2) is 9.59 Å². The molecular formula is C13H14O5Zn. The molecule has 5 nitrogen and oxygen atoms in total. The molecule has 0 aliphatic carbocycles. The third-order valence-electron chi connectivity index (χ3n) is 2.02. The number of aromatic hydroxyl groups is 1. The van der Waals surface area contributed by atoms with Gasteiger partial charge in [-0.2, -0.15) is 0 Å². The zero-order valence-electron chi connectivity index (χ0n) is 10.7. The third kappa shape index (κ3) is 5.66. The Hall–Kier alpha value is -1.68. The van der Waals surface area contributed by atoms with Crippen molar-refractivity contribution in [2.45, 2.75) is 6.92 Å². The number of ether oxygens (including phenoxy) is 2. The Kier molecular flexibility index (Phi) is 7.69. The first-order chi connectivity index (χ1) is 8.52. The van der Waals surface area contributed by atoms with Gasteiger partial charge in [-0.3, -0.25) is 0 Å². The Balaban J connectivity index is 0.00000324. The van der Waals surface area contributed by atoms with Crippen LogP contribution in [0.2, 0.25) is 0 Å². The molecule has 0 fully saturated rings. The van der Waals surface area contributed by atoms with Gasteiger partial charge in [0.15, 0.2) is 0 Å². The average molecular weight is 316 g/mol. The van der Waals surface area contributed by atoms with Gasteiger partial charge in [0, 0.05) is 25.1 Å². The smallest absolute Gasteiger partial charge is 0.342 e. The van der Waals surface area contributed by atoms with Gasteiger partial charge in [-0.05, 0) is 19.1 Å². The number of para-hydroxylation sites is 1. The Bertz CT molecular complexity index is 470. The quantitative estimate of drug-likeness (QED) is 0.387. The first-order valence-corrected chi connectivity index (χ1v) is 5.30. The van der Waals surface area contributed by atoms with Gasteiger partial charge < -0.3 is 14.6 Å². The maximum Gasteiger partial charge on any atom is 0.342 e. The number of carbonyl (C=O) groups is 2. The van der Waals surface area contributed by atoms with E-state index in [0.29, 0.717) is 0 Å². The summed E-state index contributed by atoms with van der Waals surface area (Å²) in [5.74, 6) is -1.35. The second-order valence-electron chi connectivity index (χ2n) is 3.57. The molecule has 98 valence electrons. The van der Waals surface area contributed by atoms with Crippen molar-refractivity contribution in [3.05, 3.63) is 42.0 Å². The normalized spacial score (nSPS) is 9.11. The summed E-state index contributed by atoms with van der Waals surface area (Å²) >= 11 is 0. The second kappa shape index (κ2) is 8.43. The Morgan fingerprint density at radius 1 is 1.21 bits per heavy atom. The SMILES string of the molecule is C=C(C)C(=O)OCCOC(=O)c1ccccc1O.[Zn]. The maximum atomic E-state index is 11.5. The van der Waals surface area contributed by atoms with Crippen LogP contribution in [-0.2, 0) is 33.7 Å². The molecule has 0 spiro atoms. The number of benzene rings is 1. The summed E-state index contributed by atoms with van der Waals surface area (Å²) in [5.41, 5.74) is 0.353. The topological polar surface area (TPSA) is 72.8 Å². The van der Waals surface area contributed by atoms with Crippen molar-refractivity contribution in [2.75, 3.05) is 13.2 Å². The molecule has 0 unspecified atom stereocenters. The van der Waals surface area contributed by atoms with Gasteiger partial charge in [0.05, 0.1) is 0 Å². The van der Waals surface area contributed by atoms with Crippen molar-refractivity contribution in [2.24, 2.45) is 0 Å². The van der Waals surface area contributed by atoms with E-state index in [1.54, 1.807) is 12.1 Å². The number of phenols is 1. The predicted octanol–water partition coefficient (Wildman–Crippen LogP) is 1.67. The van der Waals surface area contributed by atoms with E-state index in [4.69, 9.17) is 9.47 Å². The molecule has 1 rings (SSSR count). The van der Waals surface area contributed by atoms with Crippen LogP contribution >= 0.6 is 0 Å². The second-order valence-corrected chi connectivity index (χ2v) is 3.57. The van der Waals surface area contributed by atoms with Crippen LogP contribution in [0.3, 0.4) is 0 Å². The molecule has 0 radical (unpaired) electrons. The summed E-state index contributed by atoms with van der Waals surface area (Å²) in [6.45, 7) is 4.81. The molecule has 0 saturated heterocycles. The molecule has 19 heavy (non-hydrogen) atoms. The van der Waals surface area contributed by atoms with Crippen molar-refractivity contribution in [1.29, 1.82) is 0 Å². The minimum absolute atomic E-state index is 0. The predicted molar refractivity (Wildman–Crippen MR) is 64.2 cm³/mol. The van der Waals surface area contributed by atoms with Gasteiger partial charge in [0.2, 0.25) is 0 Å². The van der Waals surface area contributed by atoms with Crippen LogP contribution in [0, 0.1) is 0 Å². The van der Waals surface area contributed by atoms with Crippen molar-refractivity contribution < 1.29 is 43.6 Å². The standard InChI is InChI=1S/C13H14O5.Zn/c1-9(2)12(15)17-7-8-18-13(16)10-5-3-4-6-11(10)14;/h3-6,14H,1,7-8H2,2H3;. The van der Waals surface area contributed by atoms with E-state index in [1.807, 2.05) is 0 Å². The molecule has 0 aliphatic rings.